The summed E-state index contributed by atoms with van der Waals surface area (Å²) in [4.78, 5) is 12.1. The molecule has 1 saturated heterocycles. The van der Waals surface area contributed by atoms with Gasteiger partial charge in [0.1, 0.15) is 0 Å². The van der Waals surface area contributed by atoms with Gasteiger partial charge in [-0.3, -0.25) is 4.79 Å². The average molecular weight is 379 g/mol. The molecule has 0 saturated carbocycles. The van der Waals surface area contributed by atoms with Crippen molar-refractivity contribution in [3.8, 4) is 11.1 Å². The molecule has 1 amide bonds. The summed E-state index contributed by atoms with van der Waals surface area (Å²) < 4.78 is 0. The summed E-state index contributed by atoms with van der Waals surface area (Å²) in [6.07, 6.45) is 2.76. The number of benzene rings is 2. The Bertz CT molecular complexity index is 682. The molecular formula is C20H24Cl2N2O. The predicted molar refractivity (Wildman–Crippen MR) is 106 cm³/mol. The van der Waals surface area contributed by atoms with Gasteiger partial charge in [0.05, 0.1) is 0 Å². The highest BCUT2D eigenvalue weighted by molar-refractivity contribution is 6.30. The molecule has 3 rings (SSSR count). The lowest BCUT2D eigenvalue weighted by molar-refractivity contribution is -0.121. The SMILES string of the molecule is Cl.O=C(CCC1CCNC1)NCc1ccccc1-c1ccc(Cl)cc1. The summed E-state index contributed by atoms with van der Waals surface area (Å²) in [6, 6.07) is 16.0. The van der Waals surface area contributed by atoms with Crippen molar-refractivity contribution in [2.75, 3.05) is 13.1 Å². The van der Waals surface area contributed by atoms with E-state index < -0.39 is 0 Å². The molecular weight excluding hydrogens is 355 g/mol. The summed E-state index contributed by atoms with van der Waals surface area (Å²) in [7, 11) is 0. The summed E-state index contributed by atoms with van der Waals surface area (Å²) >= 11 is 5.97. The molecule has 0 radical (unpaired) electrons. The van der Waals surface area contributed by atoms with Crippen molar-refractivity contribution < 1.29 is 4.79 Å². The van der Waals surface area contributed by atoms with E-state index in [0.717, 1.165) is 41.2 Å². The fourth-order valence-corrected chi connectivity index (χ4v) is 3.29. The van der Waals surface area contributed by atoms with E-state index in [0.29, 0.717) is 18.9 Å². The van der Waals surface area contributed by atoms with E-state index >= 15 is 0 Å². The second-order valence-corrected chi connectivity index (χ2v) is 6.77. The molecule has 1 heterocycles. The molecule has 1 aliphatic rings. The number of carbonyl (C=O) groups excluding carboxylic acids is 1. The molecule has 0 bridgehead atoms. The molecule has 0 aliphatic carbocycles. The van der Waals surface area contributed by atoms with Gasteiger partial charge in [0.25, 0.3) is 0 Å². The molecule has 2 N–H and O–H groups in total. The zero-order valence-electron chi connectivity index (χ0n) is 14.1. The fourth-order valence-electron chi connectivity index (χ4n) is 3.16. The van der Waals surface area contributed by atoms with Gasteiger partial charge in [-0.1, -0.05) is 48.0 Å². The minimum atomic E-state index is 0. The maximum absolute atomic E-state index is 12.1. The maximum Gasteiger partial charge on any atom is 0.220 e. The van der Waals surface area contributed by atoms with Gasteiger partial charge in [-0.2, -0.15) is 0 Å². The van der Waals surface area contributed by atoms with Crippen molar-refractivity contribution in [2.24, 2.45) is 5.92 Å². The van der Waals surface area contributed by atoms with Crippen LogP contribution in [0.3, 0.4) is 0 Å². The Morgan fingerprint density at radius 1 is 1.16 bits per heavy atom. The van der Waals surface area contributed by atoms with E-state index in [1.165, 1.54) is 6.42 Å². The lowest BCUT2D eigenvalue weighted by Gasteiger charge is -2.12. The third-order valence-electron chi connectivity index (χ3n) is 4.59. The van der Waals surface area contributed by atoms with Crippen LogP contribution in [0, 0.1) is 5.92 Å². The number of nitrogens with one attached hydrogen (secondary N) is 2. The Balaban J connectivity index is 0.00000225. The minimum absolute atomic E-state index is 0. The van der Waals surface area contributed by atoms with Gasteiger partial charge in [-0.25, -0.2) is 0 Å². The van der Waals surface area contributed by atoms with Crippen LogP contribution in [0.15, 0.2) is 48.5 Å². The van der Waals surface area contributed by atoms with Crippen LogP contribution in [0.2, 0.25) is 5.02 Å². The third kappa shape index (κ3) is 5.74. The van der Waals surface area contributed by atoms with Crippen molar-refractivity contribution in [2.45, 2.75) is 25.8 Å². The largest absolute Gasteiger partial charge is 0.352 e. The first-order chi connectivity index (χ1) is 11.7. The Hall–Kier alpha value is -1.55. The number of hydrogen-bond donors (Lipinski definition) is 2. The lowest BCUT2D eigenvalue weighted by Crippen LogP contribution is -2.23. The highest BCUT2D eigenvalue weighted by Gasteiger charge is 2.15. The van der Waals surface area contributed by atoms with E-state index in [1.807, 2.05) is 36.4 Å². The zero-order chi connectivity index (χ0) is 16.8. The van der Waals surface area contributed by atoms with Gasteiger partial charge in [-0.15, -0.1) is 12.4 Å². The molecule has 1 fully saturated rings. The molecule has 5 heteroatoms. The second kappa shape index (κ2) is 9.81. The van der Waals surface area contributed by atoms with Crippen molar-refractivity contribution in [1.82, 2.24) is 10.6 Å². The predicted octanol–water partition coefficient (Wildman–Crippen LogP) is 4.43. The molecule has 1 atom stereocenters. The molecule has 3 nitrogen and oxygen atoms in total. The van der Waals surface area contributed by atoms with Gasteiger partial charge in [-0.05, 0) is 60.7 Å². The van der Waals surface area contributed by atoms with Crippen LogP contribution in [0.5, 0.6) is 0 Å². The van der Waals surface area contributed by atoms with Gasteiger partial charge >= 0.3 is 0 Å². The smallest absolute Gasteiger partial charge is 0.220 e. The Morgan fingerprint density at radius 3 is 2.64 bits per heavy atom. The van der Waals surface area contributed by atoms with Crippen LogP contribution in [0.25, 0.3) is 11.1 Å². The highest BCUT2D eigenvalue weighted by atomic mass is 35.5. The molecule has 25 heavy (non-hydrogen) atoms. The second-order valence-electron chi connectivity index (χ2n) is 6.34. The number of hydrogen-bond acceptors (Lipinski definition) is 2. The summed E-state index contributed by atoms with van der Waals surface area (Å²) in [5.74, 6) is 0.782. The van der Waals surface area contributed by atoms with E-state index in [9.17, 15) is 4.79 Å². The first-order valence-corrected chi connectivity index (χ1v) is 8.91. The Kier molecular flexibility index (Phi) is 7.76. The zero-order valence-corrected chi connectivity index (χ0v) is 15.7. The van der Waals surface area contributed by atoms with Crippen LogP contribution >= 0.6 is 24.0 Å². The van der Waals surface area contributed by atoms with Crippen molar-refractivity contribution >= 4 is 29.9 Å². The normalized spacial score (nSPS) is 16.3. The summed E-state index contributed by atoms with van der Waals surface area (Å²) in [5.41, 5.74) is 3.37. The molecule has 2 aromatic carbocycles. The molecule has 0 aromatic heterocycles. The number of halogens is 2. The van der Waals surface area contributed by atoms with Crippen LogP contribution in [0.4, 0.5) is 0 Å². The van der Waals surface area contributed by atoms with Crippen LogP contribution in [0.1, 0.15) is 24.8 Å². The van der Waals surface area contributed by atoms with Crippen molar-refractivity contribution in [3.63, 3.8) is 0 Å². The topological polar surface area (TPSA) is 41.1 Å². The van der Waals surface area contributed by atoms with E-state index in [1.54, 1.807) is 0 Å². The fraction of sp³-hybridized carbons (Fsp3) is 0.350. The standard InChI is InChI=1S/C20H23ClN2O.ClH/c21-18-8-6-16(7-9-18)19-4-2-1-3-17(19)14-23-20(24)10-5-15-11-12-22-13-15;/h1-4,6-9,15,22H,5,10-14H2,(H,23,24);1H. The van der Waals surface area contributed by atoms with Crippen LogP contribution in [-0.4, -0.2) is 19.0 Å². The lowest BCUT2D eigenvalue weighted by atomic mass is 9.99. The number of amides is 1. The van der Waals surface area contributed by atoms with Gasteiger partial charge in [0.15, 0.2) is 0 Å². The van der Waals surface area contributed by atoms with Crippen molar-refractivity contribution in [1.29, 1.82) is 0 Å². The van der Waals surface area contributed by atoms with Gasteiger partial charge < -0.3 is 10.6 Å². The maximum atomic E-state index is 12.1. The molecule has 1 aliphatic heterocycles. The number of carbonyl (C=O) groups is 1. The van der Waals surface area contributed by atoms with Gasteiger partial charge in [0, 0.05) is 18.0 Å². The molecule has 0 spiro atoms. The highest BCUT2D eigenvalue weighted by Crippen LogP contribution is 2.25. The first-order valence-electron chi connectivity index (χ1n) is 8.53. The average Bonchev–Trinajstić information content (AvgIpc) is 3.13. The van der Waals surface area contributed by atoms with Crippen LogP contribution < -0.4 is 10.6 Å². The monoisotopic (exact) mass is 378 g/mol. The minimum Gasteiger partial charge on any atom is -0.352 e. The molecule has 2 aromatic rings. The first kappa shape index (κ1) is 19.8. The Labute approximate surface area is 160 Å². The summed E-state index contributed by atoms with van der Waals surface area (Å²) in [5, 5.41) is 7.13. The molecule has 134 valence electrons. The summed E-state index contributed by atoms with van der Waals surface area (Å²) in [6.45, 7) is 2.69. The van der Waals surface area contributed by atoms with Gasteiger partial charge in [0.2, 0.25) is 5.91 Å². The van der Waals surface area contributed by atoms with Crippen LogP contribution in [-0.2, 0) is 11.3 Å². The number of rotatable bonds is 6. The van der Waals surface area contributed by atoms with E-state index in [4.69, 9.17) is 11.6 Å². The van der Waals surface area contributed by atoms with Crippen molar-refractivity contribution in [3.05, 3.63) is 59.1 Å². The Morgan fingerprint density at radius 2 is 1.92 bits per heavy atom. The van der Waals surface area contributed by atoms with E-state index in [2.05, 4.69) is 22.8 Å². The van der Waals surface area contributed by atoms with E-state index in [-0.39, 0.29) is 18.3 Å². The quantitative estimate of drug-likeness (QED) is 0.780. The third-order valence-corrected chi connectivity index (χ3v) is 4.84. The molecule has 1 unspecified atom stereocenters.